The van der Waals surface area contributed by atoms with Gasteiger partial charge in [0.1, 0.15) is 12.4 Å². The fourth-order valence-electron chi connectivity index (χ4n) is 2.59. The van der Waals surface area contributed by atoms with Crippen LogP contribution >= 0.6 is 11.8 Å². The summed E-state index contributed by atoms with van der Waals surface area (Å²) < 4.78 is 2.00. The summed E-state index contributed by atoms with van der Waals surface area (Å²) in [6.45, 7) is 2.26. The van der Waals surface area contributed by atoms with Crippen LogP contribution in [0.15, 0.2) is 48.5 Å². The molecule has 0 fully saturated rings. The SMILES string of the molecule is CSCc1nc2ccccc2n1CC(=O)Nc1ccccc1C. The molecule has 0 saturated heterocycles. The number of hydrogen-bond donors (Lipinski definition) is 1. The molecule has 0 radical (unpaired) electrons. The molecule has 1 N–H and O–H groups in total. The minimum Gasteiger partial charge on any atom is -0.324 e. The number of imidazole rings is 1. The molecule has 1 amide bonds. The van der Waals surface area contributed by atoms with E-state index >= 15 is 0 Å². The number of thioether (sulfide) groups is 1. The Bertz CT molecular complexity index is 841. The molecule has 0 aliphatic rings. The van der Waals surface area contributed by atoms with Crippen molar-refractivity contribution in [2.45, 2.75) is 19.2 Å². The Balaban J connectivity index is 1.87. The molecule has 0 aliphatic carbocycles. The van der Waals surface area contributed by atoms with Gasteiger partial charge in [0.2, 0.25) is 5.91 Å². The van der Waals surface area contributed by atoms with Gasteiger partial charge in [0.05, 0.1) is 16.8 Å². The normalized spacial score (nSPS) is 10.9. The van der Waals surface area contributed by atoms with Gasteiger partial charge in [-0.1, -0.05) is 30.3 Å². The number of benzene rings is 2. The number of para-hydroxylation sites is 3. The number of carbonyl (C=O) groups excluding carboxylic acids is 1. The van der Waals surface area contributed by atoms with Crippen LogP contribution in [0.3, 0.4) is 0 Å². The highest BCUT2D eigenvalue weighted by molar-refractivity contribution is 7.97. The summed E-state index contributed by atoms with van der Waals surface area (Å²) in [6, 6.07) is 15.7. The van der Waals surface area contributed by atoms with Crippen molar-refractivity contribution < 1.29 is 4.79 Å². The lowest BCUT2D eigenvalue weighted by Gasteiger charge is -2.11. The molecule has 0 unspecified atom stereocenters. The average Bonchev–Trinajstić information content (AvgIpc) is 2.88. The second kappa shape index (κ2) is 6.87. The summed E-state index contributed by atoms with van der Waals surface area (Å²) in [7, 11) is 0. The second-order valence-electron chi connectivity index (χ2n) is 5.40. The van der Waals surface area contributed by atoms with E-state index in [0.717, 1.165) is 33.9 Å². The van der Waals surface area contributed by atoms with E-state index in [1.165, 1.54) is 0 Å². The van der Waals surface area contributed by atoms with Gasteiger partial charge in [-0.05, 0) is 36.9 Å². The maximum Gasteiger partial charge on any atom is 0.244 e. The summed E-state index contributed by atoms with van der Waals surface area (Å²) in [5, 5.41) is 2.99. The van der Waals surface area contributed by atoms with E-state index in [0.29, 0.717) is 0 Å². The Kier molecular flexibility index (Phi) is 4.67. The van der Waals surface area contributed by atoms with Crippen molar-refractivity contribution >= 4 is 34.4 Å². The number of hydrogen-bond acceptors (Lipinski definition) is 3. The first-order chi connectivity index (χ1) is 11.2. The fourth-order valence-corrected chi connectivity index (χ4v) is 3.07. The Hall–Kier alpha value is -2.27. The predicted octanol–water partition coefficient (Wildman–Crippen LogP) is 3.85. The highest BCUT2D eigenvalue weighted by Crippen LogP contribution is 2.19. The van der Waals surface area contributed by atoms with Crippen LogP contribution in [0.5, 0.6) is 0 Å². The molecule has 4 nitrogen and oxygen atoms in total. The van der Waals surface area contributed by atoms with Crippen LogP contribution in [-0.2, 0) is 17.1 Å². The standard InChI is InChI=1S/C18H19N3OS/c1-13-7-3-4-8-14(13)20-18(22)11-21-16-10-6-5-9-15(16)19-17(21)12-23-2/h3-10H,11-12H2,1-2H3,(H,20,22). The summed E-state index contributed by atoms with van der Waals surface area (Å²) >= 11 is 1.70. The van der Waals surface area contributed by atoms with E-state index in [4.69, 9.17) is 0 Å². The van der Waals surface area contributed by atoms with Crippen molar-refractivity contribution in [3.8, 4) is 0 Å². The van der Waals surface area contributed by atoms with Gasteiger partial charge in [0, 0.05) is 5.69 Å². The van der Waals surface area contributed by atoms with Crippen molar-refractivity contribution in [2.75, 3.05) is 11.6 Å². The van der Waals surface area contributed by atoms with E-state index in [2.05, 4.69) is 10.3 Å². The Morgan fingerprint density at radius 2 is 1.91 bits per heavy atom. The van der Waals surface area contributed by atoms with Crippen molar-refractivity contribution in [1.29, 1.82) is 0 Å². The predicted molar refractivity (Wildman–Crippen MR) is 96.8 cm³/mol. The number of anilines is 1. The molecule has 0 saturated carbocycles. The first-order valence-corrected chi connectivity index (χ1v) is 8.87. The third-order valence-corrected chi connectivity index (χ3v) is 4.27. The third-order valence-electron chi connectivity index (χ3n) is 3.73. The first-order valence-electron chi connectivity index (χ1n) is 7.47. The number of carbonyl (C=O) groups is 1. The van der Waals surface area contributed by atoms with E-state index < -0.39 is 0 Å². The highest BCUT2D eigenvalue weighted by atomic mass is 32.2. The highest BCUT2D eigenvalue weighted by Gasteiger charge is 2.13. The average molecular weight is 325 g/mol. The number of nitrogens with one attached hydrogen (secondary N) is 1. The van der Waals surface area contributed by atoms with Gasteiger partial charge in [-0.15, -0.1) is 0 Å². The number of amides is 1. The van der Waals surface area contributed by atoms with Crippen molar-refractivity contribution in [3.63, 3.8) is 0 Å². The number of aromatic nitrogens is 2. The summed E-state index contributed by atoms with van der Waals surface area (Å²) in [6.07, 6.45) is 2.04. The molecule has 0 aliphatic heterocycles. The lowest BCUT2D eigenvalue weighted by atomic mass is 10.2. The molecular weight excluding hydrogens is 306 g/mol. The second-order valence-corrected chi connectivity index (χ2v) is 6.27. The zero-order chi connectivity index (χ0) is 16.2. The summed E-state index contributed by atoms with van der Waals surface area (Å²) in [4.78, 5) is 17.1. The monoisotopic (exact) mass is 325 g/mol. The number of aryl methyl sites for hydroxylation is 1. The molecule has 3 aromatic rings. The van der Waals surface area contributed by atoms with Crippen LogP contribution in [0.25, 0.3) is 11.0 Å². The Morgan fingerprint density at radius 3 is 2.70 bits per heavy atom. The topological polar surface area (TPSA) is 46.9 Å². The molecule has 2 aromatic carbocycles. The largest absolute Gasteiger partial charge is 0.324 e. The molecule has 1 heterocycles. The molecular formula is C18H19N3OS. The van der Waals surface area contributed by atoms with Gasteiger partial charge in [0.15, 0.2) is 0 Å². The Morgan fingerprint density at radius 1 is 1.17 bits per heavy atom. The summed E-state index contributed by atoms with van der Waals surface area (Å²) in [5.41, 5.74) is 3.84. The third kappa shape index (κ3) is 3.40. The molecule has 3 rings (SSSR count). The van der Waals surface area contributed by atoms with Crippen LogP contribution in [0.1, 0.15) is 11.4 Å². The van der Waals surface area contributed by atoms with Crippen molar-refractivity contribution in [1.82, 2.24) is 9.55 Å². The zero-order valence-corrected chi connectivity index (χ0v) is 14.1. The van der Waals surface area contributed by atoms with E-state index in [1.807, 2.05) is 66.3 Å². The Labute approximate surface area is 139 Å². The van der Waals surface area contributed by atoms with E-state index in [-0.39, 0.29) is 12.5 Å². The molecule has 1 aromatic heterocycles. The molecule has 0 atom stereocenters. The van der Waals surface area contributed by atoms with Gasteiger partial charge in [0.25, 0.3) is 0 Å². The molecule has 23 heavy (non-hydrogen) atoms. The molecule has 5 heteroatoms. The van der Waals surface area contributed by atoms with Crippen LogP contribution in [0.2, 0.25) is 0 Å². The molecule has 118 valence electrons. The molecule has 0 spiro atoms. The van der Waals surface area contributed by atoms with Crippen molar-refractivity contribution in [2.24, 2.45) is 0 Å². The van der Waals surface area contributed by atoms with Crippen LogP contribution in [-0.4, -0.2) is 21.7 Å². The lowest BCUT2D eigenvalue weighted by molar-refractivity contribution is -0.116. The summed E-state index contributed by atoms with van der Waals surface area (Å²) in [5.74, 6) is 1.68. The van der Waals surface area contributed by atoms with Crippen LogP contribution in [0, 0.1) is 6.92 Å². The van der Waals surface area contributed by atoms with Gasteiger partial charge in [-0.3, -0.25) is 4.79 Å². The number of fused-ring (bicyclic) bond motifs is 1. The number of nitrogens with zero attached hydrogens (tertiary/aromatic N) is 2. The van der Waals surface area contributed by atoms with Crippen LogP contribution < -0.4 is 5.32 Å². The van der Waals surface area contributed by atoms with E-state index in [1.54, 1.807) is 11.8 Å². The smallest absolute Gasteiger partial charge is 0.244 e. The number of rotatable bonds is 5. The maximum atomic E-state index is 12.5. The first kappa shape index (κ1) is 15.6. The van der Waals surface area contributed by atoms with Crippen LogP contribution in [0.4, 0.5) is 5.69 Å². The lowest BCUT2D eigenvalue weighted by Crippen LogP contribution is -2.20. The van der Waals surface area contributed by atoms with Gasteiger partial charge >= 0.3 is 0 Å². The molecule has 0 bridgehead atoms. The van der Waals surface area contributed by atoms with Gasteiger partial charge in [-0.25, -0.2) is 4.98 Å². The maximum absolute atomic E-state index is 12.5. The minimum absolute atomic E-state index is 0.0372. The minimum atomic E-state index is -0.0372. The van der Waals surface area contributed by atoms with Gasteiger partial charge < -0.3 is 9.88 Å². The fraction of sp³-hybridized carbons (Fsp3) is 0.222. The quantitative estimate of drug-likeness (QED) is 0.775. The van der Waals surface area contributed by atoms with Crippen molar-refractivity contribution in [3.05, 3.63) is 59.9 Å². The van der Waals surface area contributed by atoms with E-state index in [9.17, 15) is 4.79 Å². The zero-order valence-electron chi connectivity index (χ0n) is 13.2. The van der Waals surface area contributed by atoms with Gasteiger partial charge in [-0.2, -0.15) is 11.8 Å².